The second-order valence-corrected chi connectivity index (χ2v) is 5.69. The average Bonchev–Trinajstić information content (AvgIpc) is 2.94. The number of thiazole rings is 1. The zero-order chi connectivity index (χ0) is 11.7. The van der Waals surface area contributed by atoms with E-state index in [1.807, 2.05) is 0 Å². The second kappa shape index (κ2) is 4.61. The molecule has 17 heavy (non-hydrogen) atoms. The SMILES string of the molecule is Fc1ccc2sc(NCC3CCCC3)nc2c1. The van der Waals surface area contributed by atoms with Gasteiger partial charge in [-0.1, -0.05) is 24.2 Å². The number of fused-ring (bicyclic) bond motifs is 1. The van der Waals surface area contributed by atoms with Crippen LogP contribution in [-0.4, -0.2) is 11.5 Å². The monoisotopic (exact) mass is 250 g/mol. The van der Waals surface area contributed by atoms with Crippen molar-refractivity contribution < 1.29 is 4.39 Å². The number of nitrogens with one attached hydrogen (secondary N) is 1. The standard InChI is InChI=1S/C13H15FN2S/c14-10-5-6-12-11(7-10)16-13(17-12)15-8-9-3-1-2-4-9/h5-7,9H,1-4,8H2,(H,15,16). The van der Waals surface area contributed by atoms with Gasteiger partial charge >= 0.3 is 0 Å². The van der Waals surface area contributed by atoms with E-state index in [2.05, 4.69) is 10.3 Å². The zero-order valence-corrected chi connectivity index (χ0v) is 10.4. The molecule has 1 fully saturated rings. The maximum atomic E-state index is 13.0. The van der Waals surface area contributed by atoms with Crippen molar-refractivity contribution in [2.45, 2.75) is 25.7 Å². The molecule has 3 rings (SSSR count). The minimum atomic E-state index is -0.217. The van der Waals surface area contributed by atoms with Crippen LogP contribution in [0.15, 0.2) is 18.2 Å². The Bertz CT molecular complexity index is 517. The Morgan fingerprint density at radius 3 is 3.00 bits per heavy atom. The summed E-state index contributed by atoms with van der Waals surface area (Å²) in [6.07, 6.45) is 5.37. The van der Waals surface area contributed by atoms with Crippen LogP contribution in [0.3, 0.4) is 0 Å². The van der Waals surface area contributed by atoms with Gasteiger partial charge in [0.2, 0.25) is 0 Å². The van der Waals surface area contributed by atoms with Gasteiger partial charge in [-0.2, -0.15) is 0 Å². The van der Waals surface area contributed by atoms with E-state index in [0.29, 0.717) is 0 Å². The molecule has 2 nitrogen and oxygen atoms in total. The Labute approximate surface area is 104 Å². The third kappa shape index (κ3) is 2.41. The van der Waals surface area contributed by atoms with Crippen molar-refractivity contribution in [2.24, 2.45) is 5.92 Å². The largest absolute Gasteiger partial charge is 0.361 e. The lowest BCUT2D eigenvalue weighted by Gasteiger charge is -2.08. The molecule has 90 valence electrons. The van der Waals surface area contributed by atoms with Gasteiger partial charge < -0.3 is 5.32 Å². The van der Waals surface area contributed by atoms with Crippen LogP contribution in [0.25, 0.3) is 10.2 Å². The van der Waals surface area contributed by atoms with Gasteiger partial charge in [0.15, 0.2) is 5.13 Å². The molecule has 2 aromatic rings. The van der Waals surface area contributed by atoms with Crippen LogP contribution in [0.4, 0.5) is 9.52 Å². The summed E-state index contributed by atoms with van der Waals surface area (Å²) in [6, 6.07) is 4.77. The van der Waals surface area contributed by atoms with Crippen molar-refractivity contribution in [1.82, 2.24) is 4.98 Å². The van der Waals surface area contributed by atoms with E-state index in [1.165, 1.54) is 37.8 Å². The fraction of sp³-hybridized carbons (Fsp3) is 0.462. The van der Waals surface area contributed by atoms with Crippen molar-refractivity contribution in [1.29, 1.82) is 0 Å². The molecule has 4 heteroatoms. The fourth-order valence-corrected chi connectivity index (χ4v) is 3.28. The number of halogens is 1. The van der Waals surface area contributed by atoms with Crippen LogP contribution in [0.2, 0.25) is 0 Å². The van der Waals surface area contributed by atoms with Crippen LogP contribution in [0.1, 0.15) is 25.7 Å². The van der Waals surface area contributed by atoms with Gasteiger partial charge in [0.05, 0.1) is 10.2 Å². The number of aromatic nitrogens is 1. The molecule has 0 saturated heterocycles. The van der Waals surface area contributed by atoms with E-state index in [-0.39, 0.29) is 5.82 Å². The highest BCUT2D eigenvalue weighted by Gasteiger charge is 2.15. The minimum absolute atomic E-state index is 0.217. The van der Waals surface area contributed by atoms with E-state index >= 15 is 0 Å². The lowest BCUT2D eigenvalue weighted by Crippen LogP contribution is -2.10. The summed E-state index contributed by atoms with van der Waals surface area (Å²) in [7, 11) is 0. The number of anilines is 1. The van der Waals surface area contributed by atoms with E-state index in [1.54, 1.807) is 17.4 Å². The first kappa shape index (κ1) is 11.0. The summed E-state index contributed by atoms with van der Waals surface area (Å²) >= 11 is 1.60. The van der Waals surface area contributed by atoms with Crippen molar-refractivity contribution >= 4 is 26.7 Å². The van der Waals surface area contributed by atoms with Gasteiger partial charge in [-0.25, -0.2) is 9.37 Å². The van der Waals surface area contributed by atoms with Gasteiger partial charge in [-0.3, -0.25) is 0 Å². The highest BCUT2D eigenvalue weighted by Crippen LogP contribution is 2.28. The van der Waals surface area contributed by atoms with Crippen LogP contribution in [0, 0.1) is 11.7 Å². The predicted octanol–water partition coefficient (Wildman–Crippen LogP) is 4.04. The molecule has 1 saturated carbocycles. The highest BCUT2D eigenvalue weighted by molar-refractivity contribution is 7.22. The molecule has 1 aromatic heterocycles. The quantitative estimate of drug-likeness (QED) is 0.889. The van der Waals surface area contributed by atoms with Crippen LogP contribution in [-0.2, 0) is 0 Å². The van der Waals surface area contributed by atoms with Gasteiger partial charge in [0.1, 0.15) is 5.82 Å². The first-order chi connectivity index (χ1) is 8.31. The lowest BCUT2D eigenvalue weighted by atomic mass is 10.1. The van der Waals surface area contributed by atoms with E-state index in [4.69, 9.17) is 0 Å². The summed E-state index contributed by atoms with van der Waals surface area (Å²) in [5.74, 6) is 0.573. The van der Waals surface area contributed by atoms with Crippen LogP contribution in [0.5, 0.6) is 0 Å². The Morgan fingerprint density at radius 2 is 2.18 bits per heavy atom. The number of hydrogen-bond acceptors (Lipinski definition) is 3. The smallest absolute Gasteiger partial charge is 0.183 e. The fourth-order valence-electron chi connectivity index (χ4n) is 2.42. The highest BCUT2D eigenvalue weighted by atomic mass is 32.1. The third-order valence-corrected chi connectivity index (χ3v) is 4.36. The number of rotatable bonds is 3. The first-order valence-electron chi connectivity index (χ1n) is 6.11. The summed E-state index contributed by atoms with van der Waals surface area (Å²) < 4.78 is 14.1. The summed E-state index contributed by atoms with van der Waals surface area (Å²) in [4.78, 5) is 4.40. The molecular formula is C13H15FN2S. The minimum Gasteiger partial charge on any atom is -0.361 e. The molecule has 1 aromatic carbocycles. The normalized spacial score (nSPS) is 16.8. The second-order valence-electron chi connectivity index (χ2n) is 4.66. The third-order valence-electron chi connectivity index (χ3n) is 3.37. The molecular weight excluding hydrogens is 235 g/mol. The molecule has 0 bridgehead atoms. The molecule has 0 aliphatic heterocycles. The molecule has 0 atom stereocenters. The van der Waals surface area contributed by atoms with E-state index in [9.17, 15) is 4.39 Å². The molecule has 1 aliphatic rings. The number of hydrogen-bond donors (Lipinski definition) is 1. The Morgan fingerprint density at radius 1 is 1.35 bits per heavy atom. The molecule has 1 N–H and O–H groups in total. The van der Waals surface area contributed by atoms with Gasteiger partial charge in [0.25, 0.3) is 0 Å². The molecule has 1 aliphatic carbocycles. The summed E-state index contributed by atoms with van der Waals surface area (Å²) in [6.45, 7) is 1.00. The first-order valence-corrected chi connectivity index (χ1v) is 6.93. The summed E-state index contributed by atoms with van der Waals surface area (Å²) in [5.41, 5.74) is 0.754. The van der Waals surface area contributed by atoms with Crippen LogP contribution < -0.4 is 5.32 Å². The maximum absolute atomic E-state index is 13.0. The summed E-state index contributed by atoms with van der Waals surface area (Å²) in [5, 5.41) is 4.29. The number of benzene rings is 1. The molecule has 0 amide bonds. The van der Waals surface area contributed by atoms with Crippen LogP contribution >= 0.6 is 11.3 Å². The van der Waals surface area contributed by atoms with Gasteiger partial charge in [0, 0.05) is 12.6 Å². The maximum Gasteiger partial charge on any atom is 0.183 e. The topological polar surface area (TPSA) is 24.9 Å². The average molecular weight is 250 g/mol. The Balaban J connectivity index is 1.72. The Hall–Kier alpha value is -1.16. The van der Waals surface area contributed by atoms with Crippen molar-refractivity contribution in [3.63, 3.8) is 0 Å². The Kier molecular flexibility index (Phi) is 2.97. The van der Waals surface area contributed by atoms with Gasteiger partial charge in [-0.15, -0.1) is 0 Å². The van der Waals surface area contributed by atoms with E-state index < -0.39 is 0 Å². The van der Waals surface area contributed by atoms with Crippen molar-refractivity contribution in [3.05, 3.63) is 24.0 Å². The van der Waals surface area contributed by atoms with E-state index in [0.717, 1.165) is 27.8 Å². The lowest BCUT2D eigenvalue weighted by molar-refractivity contribution is 0.580. The zero-order valence-electron chi connectivity index (χ0n) is 9.58. The van der Waals surface area contributed by atoms with Gasteiger partial charge in [-0.05, 0) is 30.9 Å². The predicted molar refractivity (Wildman–Crippen MR) is 70.0 cm³/mol. The molecule has 1 heterocycles. The molecule has 0 unspecified atom stereocenters. The van der Waals surface area contributed by atoms with Crippen molar-refractivity contribution in [2.75, 3.05) is 11.9 Å². The van der Waals surface area contributed by atoms with Crippen molar-refractivity contribution in [3.8, 4) is 0 Å². The number of nitrogens with zero attached hydrogens (tertiary/aromatic N) is 1. The molecule has 0 radical (unpaired) electrons. The molecule has 0 spiro atoms.